The van der Waals surface area contributed by atoms with Crippen molar-refractivity contribution < 1.29 is 14.4 Å². The Kier molecular flexibility index (Phi) is 5.41. The molecule has 0 bridgehead atoms. The van der Waals surface area contributed by atoms with E-state index in [1.165, 1.54) is 7.11 Å². The monoisotopic (exact) mass is 253 g/mol. The van der Waals surface area contributed by atoms with Crippen molar-refractivity contribution in [3.63, 3.8) is 0 Å². The van der Waals surface area contributed by atoms with Gasteiger partial charge in [-0.25, -0.2) is 5.48 Å². The topological polar surface area (TPSA) is 76.8 Å². The molecule has 0 fully saturated rings. The van der Waals surface area contributed by atoms with Crippen molar-refractivity contribution in [3.05, 3.63) is 23.8 Å². The second-order valence-corrected chi connectivity index (χ2v) is 4.04. The Labute approximate surface area is 107 Å². The molecule has 18 heavy (non-hydrogen) atoms. The number of hydroxylamine groups is 1. The molecule has 0 saturated heterocycles. The molecule has 100 valence electrons. The average molecular weight is 253 g/mol. The number of amides is 1. The van der Waals surface area contributed by atoms with Gasteiger partial charge in [-0.15, -0.1) is 0 Å². The summed E-state index contributed by atoms with van der Waals surface area (Å²) in [7, 11) is 5.35. The molecule has 0 radical (unpaired) electrons. The minimum absolute atomic E-state index is 0.327. The van der Waals surface area contributed by atoms with Gasteiger partial charge in [0.25, 0.3) is 5.91 Å². The molecule has 6 heteroatoms. The van der Waals surface area contributed by atoms with Crippen LogP contribution in [0.2, 0.25) is 0 Å². The maximum Gasteiger partial charge on any atom is 0.274 e. The van der Waals surface area contributed by atoms with Crippen LogP contribution in [0.5, 0.6) is 5.75 Å². The molecular weight excluding hydrogens is 234 g/mol. The van der Waals surface area contributed by atoms with Gasteiger partial charge in [0.1, 0.15) is 5.75 Å². The highest BCUT2D eigenvalue weighted by atomic mass is 16.6. The first-order chi connectivity index (χ1) is 8.54. The Morgan fingerprint density at radius 2 is 2.17 bits per heavy atom. The minimum atomic E-state index is -0.327. The molecule has 0 saturated carbocycles. The number of nitrogens with zero attached hydrogens (tertiary/aromatic N) is 1. The normalized spacial score (nSPS) is 10.4. The zero-order chi connectivity index (χ0) is 13.5. The summed E-state index contributed by atoms with van der Waals surface area (Å²) in [6.07, 6.45) is 0. The van der Waals surface area contributed by atoms with E-state index >= 15 is 0 Å². The molecule has 0 aromatic heterocycles. The standard InChI is InChI=1S/C12H19N3O3/c1-15(2)6-7-18-14-12(16)9-4-5-10(13)11(8-9)17-3/h4-5,8H,6-7,13H2,1-3H3,(H,14,16). The average Bonchev–Trinajstić information content (AvgIpc) is 2.34. The molecule has 1 amide bonds. The molecule has 0 aliphatic rings. The lowest BCUT2D eigenvalue weighted by Gasteiger charge is -2.11. The van der Waals surface area contributed by atoms with Crippen LogP contribution in [0.3, 0.4) is 0 Å². The van der Waals surface area contributed by atoms with Gasteiger partial charge in [0, 0.05) is 12.1 Å². The van der Waals surface area contributed by atoms with Gasteiger partial charge in [0.2, 0.25) is 0 Å². The molecule has 0 heterocycles. The molecule has 1 rings (SSSR count). The van der Waals surface area contributed by atoms with Gasteiger partial charge in [-0.2, -0.15) is 0 Å². The number of ether oxygens (including phenoxy) is 1. The molecule has 1 aromatic rings. The maximum absolute atomic E-state index is 11.7. The fourth-order valence-corrected chi connectivity index (χ4v) is 1.26. The van der Waals surface area contributed by atoms with Gasteiger partial charge >= 0.3 is 0 Å². The zero-order valence-electron chi connectivity index (χ0n) is 10.9. The summed E-state index contributed by atoms with van der Waals surface area (Å²) in [5.74, 6) is 0.142. The van der Waals surface area contributed by atoms with E-state index in [1.807, 2.05) is 19.0 Å². The Balaban J connectivity index is 2.51. The van der Waals surface area contributed by atoms with E-state index in [1.54, 1.807) is 18.2 Å². The molecule has 0 atom stereocenters. The lowest BCUT2D eigenvalue weighted by atomic mass is 10.2. The van der Waals surface area contributed by atoms with Gasteiger partial charge in [-0.05, 0) is 32.3 Å². The van der Waals surface area contributed by atoms with Crippen molar-refractivity contribution in [3.8, 4) is 5.75 Å². The van der Waals surface area contributed by atoms with Crippen molar-refractivity contribution in [1.29, 1.82) is 0 Å². The van der Waals surface area contributed by atoms with Crippen LogP contribution in [0, 0.1) is 0 Å². The molecular formula is C12H19N3O3. The van der Waals surface area contributed by atoms with Crippen molar-refractivity contribution in [2.45, 2.75) is 0 Å². The fourth-order valence-electron chi connectivity index (χ4n) is 1.26. The summed E-state index contributed by atoms with van der Waals surface area (Å²) in [5.41, 5.74) is 8.95. The number of nitrogens with two attached hydrogens (primary N) is 1. The molecule has 0 aliphatic heterocycles. The lowest BCUT2D eigenvalue weighted by molar-refractivity contribution is 0.0263. The second kappa shape index (κ2) is 6.83. The van der Waals surface area contributed by atoms with Gasteiger partial charge in [-0.1, -0.05) is 0 Å². The smallest absolute Gasteiger partial charge is 0.274 e. The van der Waals surface area contributed by atoms with Gasteiger partial charge < -0.3 is 15.4 Å². The van der Waals surface area contributed by atoms with E-state index in [2.05, 4.69) is 5.48 Å². The number of anilines is 1. The fraction of sp³-hybridized carbons (Fsp3) is 0.417. The molecule has 1 aromatic carbocycles. The molecule has 0 aliphatic carbocycles. The number of likely N-dealkylation sites (N-methyl/N-ethyl adjacent to an activating group) is 1. The number of carbonyl (C=O) groups is 1. The third kappa shape index (κ3) is 4.23. The van der Waals surface area contributed by atoms with Crippen LogP contribution in [-0.2, 0) is 4.84 Å². The molecule has 6 nitrogen and oxygen atoms in total. The first kappa shape index (κ1) is 14.3. The minimum Gasteiger partial charge on any atom is -0.495 e. The van der Waals surface area contributed by atoms with Gasteiger partial charge in [-0.3, -0.25) is 9.63 Å². The number of benzene rings is 1. The Morgan fingerprint density at radius 1 is 1.44 bits per heavy atom. The van der Waals surface area contributed by atoms with Crippen LogP contribution < -0.4 is 16.0 Å². The van der Waals surface area contributed by atoms with E-state index in [-0.39, 0.29) is 5.91 Å². The molecule has 3 N–H and O–H groups in total. The highest BCUT2D eigenvalue weighted by Crippen LogP contribution is 2.21. The van der Waals surface area contributed by atoms with Crippen LogP contribution >= 0.6 is 0 Å². The van der Waals surface area contributed by atoms with Crippen molar-refractivity contribution in [2.24, 2.45) is 0 Å². The number of rotatable bonds is 6. The highest BCUT2D eigenvalue weighted by Gasteiger charge is 2.08. The zero-order valence-corrected chi connectivity index (χ0v) is 10.9. The van der Waals surface area contributed by atoms with Crippen molar-refractivity contribution >= 4 is 11.6 Å². The molecule has 0 unspecified atom stereocenters. The largest absolute Gasteiger partial charge is 0.495 e. The summed E-state index contributed by atoms with van der Waals surface area (Å²) in [5, 5.41) is 0. The van der Waals surface area contributed by atoms with E-state index in [4.69, 9.17) is 15.3 Å². The first-order valence-corrected chi connectivity index (χ1v) is 5.55. The van der Waals surface area contributed by atoms with Crippen LogP contribution in [0.1, 0.15) is 10.4 Å². The summed E-state index contributed by atoms with van der Waals surface area (Å²) in [4.78, 5) is 18.7. The lowest BCUT2D eigenvalue weighted by Crippen LogP contribution is -2.28. The third-order valence-electron chi connectivity index (χ3n) is 2.30. The number of hydrogen-bond donors (Lipinski definition) is 2. The van der Waals surface area contributed by atoms with Crippen LogP contribution in [-0.4, -0.2) is 45.2 Å². The van der Waals surface area contributed by atoms with Crippen molar-refractivity contribution in [2.75, 3.05) is 40.1 Å². The molecule has 0 spiro atoms. The number of nitrogen functional groups attached to an aromatic ring is 1. The highest BCUT2D eigenvalue weighted by molar-refractivity contribution is 5.94. The van der Waals surface area contributed by atoms with Crippen LogP contribution in [0.15, 0.2) is 18.2 Å². The second-order valence-electron chi connectivity index (χ2n) is 4.04. The number of nitrogens with one attached hydrogen (secondary N) is 1. The Bertz CT molecular complexity index is 408. The Morgan fingerprint density at radius 3 is 2.78 bits per heavy atom. The number of carbonyl (C=O) groups excluding carboxylic acids is 1. The quantitative estimate of drug-likeness (QED) is 0.438. The SMILES string of the molecule is COc1cc(C(=O)NOCCN(C)C)ccc1N. The van der Waals surface area contributed by atoms with Crippen LogP contribution in [0.4, 0.5) is 5.69 Å². The van der Waals surface area contributed by atoms with E-state index in [9.17, 15) is 4.79 Å². The summed E-state index contributed by atoms with van der Waals surface area (Å²) in [6, 6.07) is 4.80. The van der Waals surface area contributed by atoms with Crippen molar-refractivity contribution in [1.82, 2.24) is 10.4 Å². The van der Waals surface area contributed by atoms with E-state index in [0.29, 0.717) is 23.6 Å². The van der Waals surface area contributed by atoms with E-state index < -0.39 is 0 Å². The van der Waals surface area contributed by atoms with E-state index in [0.717, 1.165) is 6.54 Å². The predicted octanol–water partition coefficient (Wildman–Crippen LogP) is 0.500. The third-order valence-corrected chi connectivity index (χ3v) is 2.30. The number of hydrogen-bond acceptors (Lipinski definition) is 5. The van der Waals surface area contributed by atoms with Gasteiger partial charge in [0.05, 0.1) is 19.4 Å². The summed E-state index contributed by atoms with van der Waals surface area (Å²) in [6.45, 7) is 1.15. The van der Waals surface area contributed by atoms with Crippen LogP contribution in [0.25, 0.3) is 0 Å². The number of methoxy groups -OCH3 is 1. The summed E-state index contributed by atoms with van der Waals surface area (Å²) < 4.78 is 5.04. The van der Waals surface area contributed by atoms with Gasteiger partial charge in [0.15, 0.2) is 0 Å². The predicted molar refractivity (Wildman–Crippen MR) is 69.4 cm³/mol. The first-order valence-electron chi connectivity index (χ1n) is 5.55. The Hall–Kier alpha value is -1.79. The maximum atomic E-state index is 11.7. The summed E-state index contributed by atoms with van der Waals surface area (Å²) >= 11 is 0.